The normalized spacial score (nSPS) is 14.2. The van der Waals surface area contributed by atoms with Gasteiger partial charge in [-0.05, 0) is 67.1 Å². The number of hydrogen-bond acceptors (Lipinski definition) is 3. The van der Waals surface area contributed by atoms with Crippen LogP contribution in [0.15, 0.2) is 66.7 Å². The van der Waals surface area contributed by atoms with Gasteiger partial charge in [0.2, 0.25) is 5.91 Å². The van der Waals surface area contributed by atoms with Crippen molar-refractivity contribution in [2.24, 2.45) is 0 Å². The molecular weight excluding hydrogens is 519 g/mol. The molecule has 1 N–H and O–H groups in total. The predicted molar refractivity (Wildman–Crippen MR) is 153 cm³/mol. The maximum Gasteiger partial charge on any atom is 0.261 e. The number of nitrogens with one attached hydrogen (secondary N) is 1. The minimum absolute atomic E-state index is 0.133. The fourth-order valence-corrected chi connectivity index (χ4v) is 5.16. The average Bonchev–Trinajstić information content (AvgIpc) is 3.42. The van der Waals surface area contributed by atoms with Gasteiger partial charge in [0.25, 0.3) is 5.91 Å². The van der Waals surface area contributed by atoms with Gasteiger partial charge in [-0.1, -0.05) is 84.6 Å². The van der Waals surface area contributed by atoms with Crippen LogP contribution < -0.4 is 10.1 Å². The van der Waals surface area contributed by atoms with Crippen molar-refractivity contribution in [2.45, 2.75) is 64.6 Å². The highest BCUT2D eigenvalue weighted by atomic mass is 35.5. The first-order chi connectivity index (χ1) is 18.3. The van der Waals surface area contributed by atoms with E-state index < -0.39 is 6.04 Å². The molecule has 2 amide bonds. The molecule has 38 heavy (non-hydrogen) atoms. The van der Waals surface area contributed by atoms with Crippen LogP contribution in [0.3, 0.4) is 0 Å². The second kappa shape index (κ2) is 13.2. The van der Waals surface area contributed by atoms with Crippen molar-refractivity contribution < 1.29 is 14.3 Å². The number of carbonyl (C=O) groups excluding carboxylic acids is 2. The summed E-state index contributed by atoms with van der Waals surface area (Å²) in [4.78, 5) is 29.2. The third-order valence-electron chi connectivity index (χ3n) is 7.00. The van der Waals surface area contributed by atoms with Gasteiger partial charge in [-0.2, -0.15) is 0 Å². The molecule has 1 saturated carbocycles. The Balaban J connectivity index is 1.64. The quantitative estimate of drug-likeness (QED) is 0.305. The minimum Gasteiger partial charge on any atom is -0.483 e. The van der Waals surface area contributed by atoms with Gasteiger partial charge in [-0.3, -0.25) is 9.59 Å². The first-order valence-electron chi connectivity index (χ1n) is 13.1. The van der Waals surface area contributed by atoms with Crippen LogP contribution in [0.25, 0.3) is 0 Å². The lowest BCUT2D eigenvalue weighted by Crippen LogP contribution is -2.53. The van der Waals surface area contributed by atoms with E-state index in [1.165, 1.54) is 0 Å². The molecule has 7 heteroatoms. The zero-order valence-electron chi connectivity index (χ0n) is 21.9. The number of benzene rings is 3. The fraction of sp³-hybridized carbons (Fsp3) is 0.355. The first-order valence-corrected chi connectivity index (χ1v) is 13.8. The second-order valence-electron chi connectivity index (χ2n) is 10.0. The van der Waals surface area contributed by atoms with Crippen LogP contribution in [-0.4, -0.2) is 35.4 Å². The second-order valence-corrected chi connectivity index (χ2v) is 10.8. The standard InChI is InChI=1S/C31H34Cl2N2O3/c1-21-12-13-22(2)29(16-21)38-20-30(36)35(19-24-14-15-26(32)27(33)17-24)28(18-23-8-4-3-5-9-23)31(37)34-25-10-6-7-11-25/h3-5,8-9,12-17,25,28H,6-7,10-11,18-20H2,1-2H3,(H,34,37)/t28-/m1/s1. The number of halogens is 2. The summed E-state index contributed by atoms with van der Waals surface area (Å²) >= 11 is 12.4. The van der Waals surface area contributed by atoms with Gasteiger partial charge in [0.1, 0.15) is 11.8 Å². The van der Waals surface area contributed by atoms with E-state index in [9.17, 15) is 9.59 Å². The number of rotatable bonds is 10. The Bertz CT molecular complexity index is 1260. The van der Waals surface area contributed by atoms with Crippen LogP contribution in [-0.2, 0) is 22.6 Å². The van der Waals surface area contributed by atoms with Crippen LogP contribution in [0, 0.1) is 13.8 Å². The summed E-state index contributed by atoms with van der Waals surface area (Å²) in [5.41, 5.74) is 3.75. The molecule has 0 unspecified atom stereocenters. The van der Waals surface area contributed by atoms with E-state index >= 15 is 0 Å². The SMILES string of the molecule is Cc1ccc(C)c(OCC(=O)N(Cc2ccc(Cl)c(Cl)c2)[C@H](Cc2ccccc2)C(=O)NC2CCCC2)c1. The Morgan fingerprint density at radius 2 is 1.68 bits per heavy atom. The zero-order chi connectivity index (χ0) is 27.1. The molecule has 3 aromatic rings. The van der Waals surface area contributed by atoms with Gasteiger partial charge < -0.3 is 15.0 Å². The van der Waals surface area contributed by atoms with Crippen molar-refractivity contribution in [1.82, 2.24) is 10.2 Å². The number of aryl methyl sites for hydroxylation is 2. The van der Waals surface area contributed by atoms with E-state index in [0.29, 0.717) is 22.2 Å². The van der Waals surface area contributed by atoms with E-state index in [1.54, 1.807) is 17.0 Å². The number of nitrogens with zero attached hydrogens (tertiary/aromatic N) is 1. The minimum atomic E-state index is -0.720. The maximum absolute atomic E-state index is 13.8. The fourth-order valence-electron chi connectivity index (χ4n) is 4.84. The van der Waals surface area contributed by atoms with Crippen LogP contribution in [0.1, 0.15) is 47.9 Å². The number of amides is 2. The predicted octanol–water partition coefficient (Wildman–Crippen LogP) is 6.69. The van der Waals surface area contributed by atoms with Crippen LogP contribution in [0.5, 0.6) is 5.75 Å². The van der Waals surface area contributed by atoms with Crippen molar-refractivity contribution in [1.29, 1.82) is 0 Å². The van der Waals surface area contributed by atoms with E-state index in [0.717, 1.165) is 47.9 Å². The Kier molecular flexibility index (Phi) is 9.70. The summed E-state index contributed by atoms with van der Waals surface area (Å²) in [7, 11) is 0. The maximum atomic E-state index is 13.8. The molecule has 4 rings (SSSR count). The monoisotopic (exact) mass is 552 g/mol. The Morgan fingerprint density at radius 1 is 0.947 bits per heavy atom. The van der Waals surface area contributed by atoms with E-state index in [1.807, 2.05) is 68.4 Å². The lowest BCUT2D eigenvalue weighted by Gasteiger charge is -2.32. The van der Waals surface area contributed by atoms with Crippen molar-refractivity contribution in [3.05, 3.63) is 99.0 Å². The molecule has 1 atom stereocenters. The molecule has 0 bridgehead atoms. The lowest BCUT2D eigenvalue weighted by molar-refractivity contribution is -0.143. The topological polar surface area (TPSA) is 58.6 Å². The highest BCUT2D eigenvalue weighted by Gasteiger charge is 2.32. The third-order valence-corrected chi connectivity index (χ3v) is 7.74. The Morgan fingerprint density at radius 3 is 2.39 bits per heavy atom. The summed E-state index contributed by atoms with van der Waals surface area (Å²) in [5.74, 6) is 0.225. The van der Waals surface area contributed by atoms with Gasteiger partial charge >= 0.3 is 0 Å². The first kappa shape index (κ1) is 28.0. The van der Waals surface area contributed by atoms with E-state index in [4.69, 9.17) is 27.9 Å². The summed E-state index contributed by atoms with van der Waals surface area (Å²) in [6.45, 7) is 3.93. The Hall–Kier alpha value is -3.02. The van der Waals surface area contributed by atoms with E-state index in [2.05, 4.69) is 5.32 Å². The zero-order valence-corrected chi connectivity index (χ0v) is 23.4. The summed E-state index contributed by atoms with van der Waals surface area (Å²) in [5, 5.41) is 4.05. The molecule has 0 radical (unpaired) electrons. The largest absolute Gasteiger partial charge is 0.483 e. The molecule has 0 aromatic heterocycles. The van der Waals surface area contributed by atoms with Crippen molar-refractivity contribution >= 4 is 35.0 Å². The van der Waals surface area contributed by atoms with Gasteiger partial charge in [-0.25, -0.2) is 0 Å². The van der Waals surface area contributed by atoms with Crippen LogP contribution >= 0.6 is 23.2 Å². The average molecular weight is 554 g/mol. The summed E-state index contributed by atoms with van der Waals surface area (Å²) < 4.78 is 5.98. The molecule has 0 heterocycles. The van der Waals surface area contributed by atoms with Gasteiger partial charge in [0, 0.05) is 19.0 Å². The molecule has 1 fully saturated rings. The molecule has 5 nitrogen and oxygen atoms in total. The van der Waals surface area contributed by atoms with Gasteiger partial charge in [0.05, 0.1) is 10.0 Å². The van der Waals surface area contributed by atoms with Crippen molar-refractivity contribution in [3.8, 4) is 5.75 Å². The summed E-state index contributed by atoms with van der Waals surface area (Å²) in [6, 6.07) is 20.3. The van der Waals surface area contributed by atoms with Crippen molar-refractivity contribution in [2.75, 3.05) is 6.61 Å². The lowest BCUT2D eigenvalue weighted by atomic mass is 10.0. The highest BCUT2D eigenvalue weighted by Crippen LogP contribution is 2.25. The van der Waals surface area contributed by atoms with Crippen LogP contribution in [0.4, 0.5) is 0 Å². The highest BCUT2D eigenvalue weighted by molar-refractivity contribution is 6.42. The third kappa shape index (κ3) is 7.52. The summed E-state index contributed by atoms with van der Waals surface area (Å²) in [6.07, 6.45) is 4.50. The van der Waals surface area contributed by atoms with Gasteiger partial charge in [0.15, 0.2) is 6.61 Å². The Labute approximate surface area is 235 Å². The van der Waals surface area contributed by atoms with E-state index in [-0.39, 0.29) is 31.0 Å². The molecule has 1 aliphatic rings. The molecule has 0 aliphatic heterocycles. The number of carbonyl (C=O) groups is 2. The molecular formula is C31H34Cl2N2O3. The number of ether oxygens (including phenoxy) is 1. The smallest absolute Gasteiger partial charge is 0.261 e. The molecule has 0 saturated heterocycles. The molecule has 0 spiro atoms. The molecule has 1 aliphatic carbocycles. The van der Waals surface area contributed by atoms with Gasteiger partial charge in [-0.15, -0.1) is 0 Å². The molecule has 3 aromatic carbocycles. The van der Waals surface area contributed by atoms with Crippen molar-refractivity contribution in [3.63, 3.8) is 0 Å². The van der Waals surface area contributed by atoms with Crippen LogP contribution in [0.2, 0.25) is 10.0 Å². The number of hydrogen-bond donors (Lipinski definition) is 1. The molecule has 200 valence electrons.